The minimum atomic E-state index is -0.407. The number of anilines is 1. The van der Waals surface area contributed by atoms with Crippen LogP contribution in [0.4, 0.5) is 5.82 Å². The Kier molecular flexibility index (Phi) is 5.21. The number of nitrogens with zero attached hydrogens (tertiary/aromatic N) is 1. The van der Waals surface area contributed by atoms with E-state index in [1.165, 1.54) is 5.56 Å². The zero-order chi connectivity index (χ0) is 22.1. The number of aromatic nitrogens is 2. The summed E-state index contributed by atoms with van der Waals surface area (Å²) in [6, 6.07) is 16.5. The second-order valence-electron chi connectivity index (χ2n) is 8.50. The summed E-state index contributed by atoms with van der Waals surface area (Å²) in [7, 11) is 3.29. The molecule has 1 atom stereocenters. The summed E-state index contributed by atoms with van der Waals surface area (Å²) < 4.78 is 11.0. The first-order valence-electron chi connectivity index (χ1n) is 11.0. The maximum Gasteiger partial charge on any atom is 0.228 e. The summed E-state index contributed by atoms with van der Waals surface area (Å²) >= 11 is 0. The Balaban J connectivity index is 1.55. The van der Waals surface area contributed by atoms with Crippen LogP contribution in [0.15, 0.2) is 54.6 Å². The molecule has 1 aromatic heterocycles. The van der Waals surface area contributed by atoms with Crippen molar-refractivity contribution in [1.82, 2.24) is 10.2 Å². The predicted octanol–water partition coefficient (Wildman–Crippen LogP) is 4.72. The molecular formula is C26H27N3O3. The average molecular weight is 430 g/mol. The van der Waals surface area contributed by atoms with Crippen molar-refractivity contribution in [3.05, 3.63) is 77.0 Å². The Bertz CT molecular complexity index is 1160. The second kappa shape index (κ2) is 8.19. The zero-order valence-corrected chi connectivity index (χ0v) is 18.4. The van der Waals surface area contributed by atoms with E-state index in [4.69, 9.17) is 9.47 Å². The Morgan fingerprint density at radius 1 is 1.06 bits per heavy atom. The van der Waals surface area contributed by atoms with Crippen molar-refractivity contribution in [2.45, 2.75) is 31.1 Å². The van der Waals surface area contributed by atoms with Gasteiger partial charge >= 0.3 is 0 Å². The van der Waals surface area contributed by atoms with Gasteiger partial charge in [-0.25, -0.2) is 0 Å². The molecular weight excluding hydrogens is 402 g/mol. The summed E-state index contributed by atoms with van der Waals surface area (Å²) in [5.41, 5.74) is 3.80. The molecule has 0 spiro atoms. The van der Waals surface area contributed by atoms with Crippen molar-refractivity contribution < 1.29 is 14.3 Å². The minimum Gasteiger partial charge on any atom is -0.493 e. The van der Waals surface area contributed by atoms with E-state index in [0.717, 1.165) is 36.1 Å². The Morgan fingerprint density at radius 3 is 2.53 bits per heavy atom. The number of hydrogen-bond donors (Lipinski definition) is 2. The average Bonchev–Trinajstić information content (AvgIpc) is 3.19. The SMILES string of the molecule is COc1ccc(C2(c3ccccc3)C=Cc3c(NC(=O)C4CCC4)n[nH]c3C2)cc1OC. The standard InChI is InChI=1S/C26H27N3O3/c1-31-22-12-11-19(15-23(22)32-2)26(18-9-4-3-5-10-18)14-13-20-21(16-26)28-29-24(20)27-25(30)17-7-6-8-17/h3-5,9-15,17H,6-8,16H2,1-2H3,(H2,27,28,29,30). The number of rotatable bonds is 6. The first kappa shape index (κ1) is 20.4. The van der Waals surface area contributed by atoms with Crippen LogP contribution in [-0.4, -0.2) is 30.3 Å². The smallest absolute Gasteiger partial charge is 0.228 e. The predicted molar refractivity (Wildman–Crippen MR) is 124 cm³/mol. The maximum atomic E-state index is 12.5. The minimum absolute atomic E-state index is 0.0683. The highest BCUT2D eigenvalue weighted by Crippen LogP contribution is 2.44. The Morgan fingerprint density at radius 2 is 1.84 bits per heavy atom. The molecule has 0 radical (unpaired) electrons. The van der Waals surface area contributed by atoms with Crippen molar-refractivity contribution >= 4 is 17.8 Å². The lowest BCUT2D eigenvalue weighted by Gasteiger charge is -2.35. The lowest BCUT2D eigenvalue weighted by molar-refractivity contribution is -0.122. The number of fused-ring (bicyclic) bond motifs is 1. The normalized spacial score (nSPS) is 19.7. The highest BCUT2D eigenvalue weighted by molar-refractivity contribution is 5.94. The van der Waals surface area contributed by atoms with Crippen LogP contribution in [-0.2, 0) is 16.6 Å². The summed E-state index contributed by atoms with van der Waals surface area (Å²) in [6.45, 7) is 0. The number of methoxy groups -OCH3 is 2. The number of carbonyl (C=O) groups excluding carboxylic acids is 1. The first-order valence-corrected chi connectivity index (χ1v) is 11.0. The molecule has 5 rings (SSSR count). The molecule has 2 aromatic carbocycles. The molecule has 6 heteroatoms. The molecule has 6 nitrogen and oxygen atoms in total. The van der Waals surface area contributed by atoms with Crippen LogP contribution in [0.5, 0.6) is 11.5 Å². The molecule has 1 unspecified atom stereocenters. The third-order valence-electron chi connectivity index (χ3n) is 6.78. The molecule has 1 saturated carbocycles. The van der Waals surface area contributed by atoms with E-state index in [2.05, 4.69) is 58.0 Å². The number of hydrogen-bond acceptors (Lipinski definition) is 4. The number of aromatic amines is 1. The third-order valence-corrected chi connectivity index (χ3v) is 6.78. The van der Waals surface area contributed by atoms with Crippen LogP contribution < -0.4 is 14.8 Å². The fraction of sp³-hybridized carbons (Fsp3) is 0.308. The van der Waals surface area contributed by atoms with Gasteiger partial charge in [0.15, 0.2) is 17.3 Å². The highest BCUT2D eigenvalue weighted by atomic mass is 16.5. The van der Waals surface area contributed by atoms with Gasteiger partial charge in [-0.3, -0.25) is 9.89 Å². The lowest BCUT2D eigenvalue weighted by atomic mass is 9.68. The largest absolute Gasteiger partial charge is 0.493 e. The van der Waals surface area contributed by atoms with Crippen molar-refractivity contribution in [1.29, 1.82) is 0 Å². The van der Waals surface area contributed by atoms with Gasteiger partial charge in [-0.15, -0.1) is 0 Å². The molecule has 3 aromatic rings. The number of benzene rings is 2. The molecule has 1 fully saturated rings. The summed E-state index contributed by atoms with van der Waals surface area (Å²) in [5.74, 6) is 2.19. The van der Waals surface area contributed by atoms with E-state index >= 15 is 0 Å². The van der Waals surface area contributed by atoms with E-state index in [9.17, 15) is 4.79 Å². The number of carbonyl (C=O) groups is 1. The van der Waals surface area contributed by atoms with E-state index in [1.54, 1.807) is 14.2 Å². The van der Waals surface area contributed by atoms with Crippen LogP contribution in [0.1, 0.15) is 41.6 Å². The quantitative estimate of drug-likeness (QED) is 0.594. The van der Waals surface area contributed by atoms with Gasteiger partial charge in [0, 0.05) is 29.0 Å². The van der Waals surface area contributed by atoms with Gasteiger partial charge in [0.2, 0.25) is 5.91 Å². The molecule has 164 valence electrons. The van der Waals surface area contributed by atoms with Crippen molar-refractivity contribution in [3.63, 3.8) is 0 Å². The van der Waals surface area contributed by atoms with Crippen LogP contribution in [0.3, 0.4) is 0 Å². The topological polar surface area (TPSA) is 76.2 Å². The van der Waals surface area contributed by atoms with Crippen LogP contribution >= 0.6 is 0 Å². The number of nitrogens with one attached hydrogen (secondary N) is 2. The van der Waals surface area contributed by atoms with Gasteiger partial charge in [0.05, 0.1) is 14.2 Å². The van der Waals surface area contributed by atoms with Gasteiger partial charge in [0.1, 0.15) is 0 Å². The van der Waals surface area contributed by atoms with Crippen molar-refractivity contribution in [2.75, 3.05) is 19.5 Å². The van der Waals surface area contributed by atoms with E-state index in [-0.39, 0.29) is 11.8 Å². The van der Waals surface area contributed by atoms with Gasteiger partial charge < -0.3 is 14.8 Å². The lowest BCUT2D eigenvalue weighted by Crippen LogP contribution is -2.31. The molecule has 2 aliphatic carbocycles. The monoisotopic (exact) mass is 429 g/mol. The fourth-order valence-corrected chi connectivity index (χ4v) is 4.66. The maximum absolute atomic E-state index is 12.5. The van der Waals surface area contributed by atoms with E-state index in [1.807, 2.05) is 18.2 Å². The molecule has 1 heterocycles. The van der Waals surface area contributed by atoms with E-state index in [0.29, 0.717) is 23.7 Å². The third kappa shape index (κ3) is 3.36. The molecule has 1 amide bonds. The second-order valence-corrected chi connectivity index (χ2v) is 8.50. The number of H-pyrrole nitrogens is 1. The first-order chi connectivity index (χ1) is 15.6. The Hall–Kier alpha value is -3.54. The summed E-state index contributed by atoms with van der Waals surface area (Å²) in [4.78, 5) is 12.5. The van der Waals surface area contributed by atoms with Crippen LogP contribution in [0, 0.1) is 5.92 Å². The van der Waals surface area contributed by atoms with Gasteiger partial charge in [-0.2, -0.15) is 5.10 Å². The van der Waals surface area contributed by atoms with E-state index < -0.39 is 5.41 Å². The van der Waals surface area contributed by atoms with Crippen LogP contribution in [0.2, 0.25) is 0 Å². The molecule has 2 N–H and O–H groups in total. The highest BCUT2D eigenvalue weighted by Gasteiger charge is 2.37. The van der Waals surface area contributed by atoms with Crippen LogP contribution in [0.25, 0.3) is 6.08 Å². The molecule has 0 bridgehead atoms. The molecule has 32 heavy (non-hydrogen) atoms. The van der Waals surface area contributed by atoms with Gasteiger partial charge in [-0.1, -0.05) is 55.0 Å². The fourth-order valence-electron chi connectivity index (χ4n) is 4.66. The van der Waals surface area contributed by atoms with Crippen molar-refractivity contribution in [2.24, 2.45) is 5.92 Å². The number of ether oxygens (including phenoxy) is 2. The van der Waals surface area contributed by atoms with Gasteiger partial charge in [-0.05, 0) is 36.1 Å². The number of allylic oxidation sites excluding steroid dienone is 1. The summed E-state index contributed by atoms with van der Waals surface area (Å²) in [5, 5.41) is 10.6. The van der Waals surface area contributed by atoms with Gasteiger partial charge in [0.25, 0.3) is 0 Å². The molecule has 0 saturated heterocycles. The number of amides is 1. The van der Waals surface area contributed by atoms with Crippen molar-refractivity contribution in [3.8, 4) is 11.5 Å². The Labute approximate surface area is 187 Å². The molecule has 2 aliphatic rings. The summed E-state index contributed by atoms with van der Waals surface area (Å²) in [6.07, 6.45) is 8.02. The molecule has 0 aliphatic heterocycles. The zero-order valence-electron chi connectivity index (χ0n) is 18.4.